The van der Waals surface area contributed by atoms with E-state index in [1.54, 1.807) is 0 Å². The van der Waals surface area contributed by atoms with Gasteiger partial charge >= 0.3 is 12.4 Å². The third kappa shape index (κ3) is 3.64. The second-order valence-corrected chi connectivity index (χ2v) is 3.52. The van der Waals surface area contributed by atoms with Crippen LogP contribution < -0.4 is 0 Å². The number of benzene rings is 1. The second kappa shape index (κ2) is 4.58. The maximum Gasteiger partial charge on any atom is 0.416 e. The molecule has 95 valence electrons. The zero-order valence-electron chi connectivity index (χ0n) is 8.62. The van der Waals surface area contributed by atoms with Gasteiger partial charge in [-0.15, -0.1) is 0 Å². The van der Waals surface area contributed by atoms with E-state index in [9.17, 15) is 26.3 Å². The summed E-state index contributed by atoms with van der Waals surface area (Å²) in [6.45, 7) is 3.40. The Kier molecular flexibility index (Phi) is 3.74. The van der Waals surface area contributed by atoms with Crippen molar-refractivity contribution in [3.8, 4) is 0 Å². The van der Waals surface area contributed by atoms with E-state index in [-0.39, 0.29) is 24.5 Å². The monoisotopic (exact) mass is 255 g/mol. The molecule has 0 nitrogen and oxygen atoms in total. The Bertz CT molecular complexity index is 356. The number of rotatable bonds is 2. The predicted octanol–water partition coefficient (Wildman–Crippen LogP) is 4.49. The Morgan fingerprint density at radius 3 is 1.53 bits per heavy atom. The molecule has 0 bridgehead atoms. The highest BCUT2D eigenvalue weighted by molar-refractivity contribution is 5.33. The van der Waals surface area contributed by atoms with E-state index in [0.29, 0.717) is 0 Å². The van der Waals surface area contributed by atoms with Gasteiger partial charge in [-0.05, 0) is 36.6 Å². The maximum atomic E-state index is 12.4. The molecular formula is C11H9F6. The zero-order valence-corrected chi connectivity index (χ0v) is 8.62. The minimum atomic E-state index is -4.78. The number of hydrogen-bond donors (Lipinski definition) is 0. The van der Waals surface area contributed by atoms with E-state index in [1.807, 2.05) is 0 Å². The number of hydrogen-bond acceptors (Lipinski definition) is 0. The van der Waals surface area contributed by atoms with Gasteiger partial charge in [-0.2, -0.15) is 26.3 Å². The Balaban J connectivity index is 3.29. The lowest BCUT2D eigenvalue weighted by Gasteiger charge is -2.13. The molecule has 1 aromatic carbocycles. The fraction of sp³-hybridized carbons (Fsp3) is 0.364. The molecular weight excluding hydrogens is 246 g/mol. The number of halogens is 6. The summed E-state index contributed by atoms with van der Waals surface area (Å²) in [5.74, 6) is 0. The first-order chi connectivity index (χ1) is 7.64. The van der Waals surface area contributed by atoms with Crippen LogP contribution in [0.3, 0.4) is 0 Å². The summed E-state index contributed by atoms with van der Waals surface area (Å²) in [6, 6.07) is 1.56. The Labute approximate surface area is 94.2 Å². The molecule has 0 heterocycles. The standard InChI is InChI=1S/C11H9F6/c1-2-3-7-4-8(10(12,13)14)6-9(5-7)11(15,16)17/h4-6H,1-3H2. The van der Waals surface area contributed by atoms with Crippen molar-refractivity contribution >= 4 is 0 Å². The van der Waals surface area contributed by atoms with Crippen LogP contribution in [0.25, 0.3) is 0 Å². The average molecular weight is 255 g/mol. The quantitative estimate of drug-likeness (QED) is 0.683. The maximum absolute atomic E-state index is 12.4. The molecule has 0 fully saturated rings. The van der Waals surface area contributed by atoms with E-state index in [2.05, 4.69) is 6.92 Å². The molecule has 0 aliphatic rings. The van der Waals surface area contributed by atoms with Crippen LogP contribution in [0.2, 0.25) is 0 Å². The van der Waals surface area contributed by atoms with Gasteiger partial charge in [-0.25, -0.2) is 0 Å². The van der Waals surface area contributed by atoms with Crippen LogP contribution in [-0.2, 0) is 18.8 Å². The third-order valence-corrected chi connectivity index (χ3v) is 2.11. The van der Waals surface area contributed by atoms with Gasteiger partial charge in [0.15, 0.2) is 0 Å². The molecule has 0 saturated carbocycles. The SMILES string of the molecule is [CH2]CCc1cc(C(F)(F)F)cc(C(F)(F)F)c1. The molecule has 0 saturated heterocycles. The fourth-order valence-corrected chi connectivity index (χ4v) is 1.37. The van der Waals surface area contributed by atoms with Crippen molar-refractivity contribution in [3.05, 3.63) is 41.8 Å². The topological polar surface area (TPSA) is 0 Å². The van der Waals surface area contributed by atoms with Crippen LogP contribution in [0.5, 0.6) is 0 Å². The van der Waals surface area contributed by atoms with E-state index in [1.165, 1.54) is 0 Å². The van der Waals surface area contributed by atoms with Crippen LogP contribution in [0, 0.1) is 6.92 Å². The van der Waals surface area contributed by atoms with Crippen LogP contribution in [0.1, 0.15) is 23.1 Å². The summed E-state index contributed by atoms with van der Waals surface area (Å²) in [5, 5.41) is 0. The largest absolute Gasteiger partial charge is 0.416 e. The second-order valence-electron chi connectivity index (χ2n) is 3.52. The van der Waals surface area contributed by atoms with Gasteiger partial charge in [0.1, 0.15) is 0 Å². The molecule has 1 rings (SSSR count). The molecule has 0 amide bonds. The first-order valence-corrected chi connectivity index (χ1v) is 4.72. The highest BCUT2D eigenvalue weighted by atomic mass is 19.4. The summed E-state index contributed by atoms with van der Waals surface area (Å²) in [6.07, 6.45) is -9.25. The van der Waals surface area contributed by atoms with E-state index in [4.69, 9.17) is 0 Å². The van der Waals surface area contributed by atoms with Crippen LogP contribution in [-0.4, -0.2) is 0 Å². The van der Waals surface area contributed by atoms with Gasteiger partial charge < -0.3 is 0 Å². The first-order valence-electron chi connectivity index (χ1n) is 4.72. The lowest BCUT2D eigenvalue weighted by Crippen LogP contribution is -2.11. The summed E-state index contributed by atoms with van der Waals surface area (Å²) < 4.78 is 74.4. The van der Waals surface area contributed by atoms with Crippen molar-refractivity contribution < 1.29 is 26.3 Å². The van der Waals surface area contributed by atoms with Crippen molar-refractivity contribution in [3.63, 3.8) is 0 Å². The molecule has 0 aliphatic heterocycles. The molecule has 0 unspecified atom stereocenters. The lowest BCUT2D eigenvalue weighted by molar-refractivity contribution is -0.143. The third-order valence-electron chi connectivity index (χ3n) is 2.11. The van der Waals surface area contributed by atoms with Crippen LogP contribution >= 0.6 is 0 Å². The van der Waals surface area contributed by atoms with Crippen molar-refractivity contribution in [1.29, 1.82) is 0 Å². The van der Waals surface area contributed by atoms with Crippen molar-refractivity contribution in [2.75, 3.05) is 0 Å². The van der Waals surface area contributed by atoms with Crippen LogP contribution in [0.15, 0.2) is 18.2 Å². The highest BCUT2D eigenvalue weighted by Gasteiger charge is 2.36. The normalized spacial score (nSPS) is 12.9. The van der Waals surface area contributed by atoms with Crippen molar-refractivity contribution in [2.45, 2.75) is 25.2 Å². The summed E-state index contributed by atoms with van der Waals surface area (Å²) >= 11 is 0. The number of alkyl halides is 6. The van der Waals surface area contributed by atoms with Gasteiger partial charge in [0.25, 0.3) is 0 Å². The summed E-state index contributed by atoms with van der Waals surface area (Å²) in [7, 11) is 0. The minimum absolute atomic E-state index is 0.0119. The molecule has 0 atom stereocenters. The van der Waals surface area contributed by atoms with E-state index < -0.39 is 23.5 Å². The van der Waals surface area contributed by atoms with Gasteiger partial charge in [0.05, 0.1) is 11.1 Å². The highest BCUT2D eigenvalue weighted by Crippen LogP contribution is 2.36. The van der Waals surface area contributed by atoms with Crippen LogP contribution in [0.4, 0.5) is 26.3 Å². The molecule has 1 radical (unpaired) electrons. The predicted molar refractivity (Wildman–Crippen MR) is 50.1 cm³/mol. The molecule has 17 heavy (non-hydrogen) atoms. The van der Waals surface area contributed by atoms with E-state index in [0.717, 1.165) is 12.1 Å². The Morgan fingerprint density at radius 1 is 0.824 bits per heavy atom. The molecule has 0 aromatic heterocycles. The van der Waals surface area contributed by atoms with E-state index >= 15 is 0 Å². The number of aryl methyl sites for hydroxylation is 1. The zero-order chi connectivity index (χ0) is 13.3. The molecule has 0 N–H and O–H groups in total. The lowest BCUT2D eigenvalue weighted by atomic mass is 10.0. The van der Waals surface area contributed by atoms with Gasteiger partial charge in [-0.3, -0.25) is 0 Å². The molecule has 0 spiro atoms. The summed E-state index contributed by atoms with van der Waals surface area (Å²) in [5.41, 5.74) is -2.58. The van der Waals surface area contributed by atoms with Gasteiger partial charge in [0.2, 0.25) is 0 Å². The summed E-state index contributed by atoms with van der Waals surface area (Å²) in [4.78, 5) is 0. The van der Waals surface area contributed by atoms with Gasteiger partial charge in [0, 0.05) is 0 Å². The molecule has 1 aromatic rings. The van der Waals surface area contributed by atoms with Crippen molar-refractivity contribution in [1.82, 2.24) is 0 Å². The average Bonchev–Trinajstić information content (AvgIpc) is 2.15. The fourth-order valence-electron chi connectivity index (χ4n) is 1.37. The molecule has 6 heteroatoms. The molecule has 0 aliphatic carbocycles. The minimum Gasteiger partial charge on any atom is -0.166 e. The first kappa shape index (κ1) is 13.9. The Hall–Kier alpha value is -1.20. The van der Waals surface area contributed by atoms with Crippen molar-refractivity contribution in [2.24, 2.45) is 0 Å². The smallest absolute Gasteiger partial charge is 0.166 e. The van der Waals surface area contributed by atoms with Gasteiger partial charge in [-0.1, -0.05) is 6.92 Å². The Morgan fingerprint density at radius 2 is 1.24 bits per heavy atom.